The maximum atomic E-state index is 12.0. The van der Waals surface area contributed by atoms with Crippen LogP contribution in [0.3, 0.4) is 0 Å². The van der Waals surface area contributed by atoms with Gasteiger partial charge in [-0.3, -0.25) is 4.79 Å². The lowest BCUT2D eigenvalue weighted by molar-refractivity contribution is 0.0697. The fourth-order valence-electron chi connectivity index (χ4n) is 2.74. The van der Waals surface area contributed by atoms with E-state index in [9.17, 15) is 9.59 Å². The maximum Gasteiger partial charge on any atom is 0.335 e. The van der Waals surface area contributed by atoms with Gasteiger partial charge in [-0.25, -0.2) is 4.79 Å². The van der Waals surface area contributed by atoms with Crippen LogP contribution in [0.5, 0.6) is 0 Å². The molecule has 0 atom stereocenters. The number of fused-ring (bicyclic) bond motifs is 1. The number of rotatable bonds is 3. The molecule has 1 aromatic heterocycles. The van der Waals surface area contributed by atoms with Crippen molar-refractivity contribution in [2.24, 2.45) is 0 Å². The molecule has 3 rings (SSSR count). The van der Waals surface area contributed by atoms with Gasteiger partial charge in [-0.2, -0.15) is 0 Å². The lowest BCUT2D eigenvalue weighted by Gasteiger charge is -2.12. The van der Waals surface area contributed by atoms with Crippen molar-refractivity contribution >= 4 is 5.97 Å². The number of aromatic carboxylic acids is 1. The Kier molecular flexibility index (Phi) is 3.14. The Hall–Kier alpha value is -2.36. The fraction of sp³-hybridized carbons (Fsp3) is 0.250. The first-order chi connectivity index (χ1) is 9.65. The Morgan fingerprint density at radius 3 is 2.55 bits per heavy atom. The third kappa shape index (κ3) is 2.25. The third-order valence-corrected chi connectivity index (χ3v) is 3.79. The van der Waals surface area contributed by atoms with Gasteiger partial charge in [-0.05, 0) is 42.5 Å². The monoisotopic (exact) mass is 269 g/mol. The molecule has 2 aromatic rings. The first kappa shape index (κ1) is 12.7. The number of carboxylic acids is 1. The molecule has 4 nitrogen and oxygen atoms in total. The molecule has 0 bridgehead atoms. The summed E-state index contributed by atoms with van der Waals surface area (Å²) >= 11 is 0. The summed E-state index contributed by atoms with van der Waals surface area (Å²) in [5.74, 6) is -0.936. The number of aryl methyl sites for hydroxylation is 1. The number of hydrogen-bond acceptors (Lipinski definition) is 2. The summed E-state index contributed by atoms with van der Waals surface area (Å²) in [5, 5.41) is 8.88. The van der Waals surface area contributed by atoms with Crippen LogP contribution >= 0.6 is 0 Å². The minimum absolute atomic E-state index is 0.00737. The summed E-state index contributed by atoms with van der Waals surface area (Å²) in [7, 11) is 0. The molecule has 1 N–H and O–H groups in total. The lowest BCUT2D eigenvalue weighted by atomic mass is 10.1. The minimum Gasteiger partial charge on any atom is -0.478 e. The molecule has 0 unspecified atom stereocenters. The zero-order valence-electron chi connectivity index (χ0n) is 11.0. The van der Waals surface area contributed by atoms with Crippen LogP contribution in [0.15, 0.2) is 41.2 Å². The second kappa shape index (κ2) is 4.96. The van der Waals surface area contributed by atoms with Gasteiger partial charge in [0.25, 0.3) is 5.56 Å². The van der Waals surface area contributed by atoms with Gasteiger partial charge in [-0.15, -0.1) is 0 Å². The largest absolute Gasteiger partial charge is 0.478 e. The third-order valence-electron chi connectivity index (χ3n) is 3.79. The van der Waals surface area contributed by atoms with E-state index in [1.807, 2.05) is 6.07 Å². The van der Waals surface area contributed by atoms with Crippen molar-refractivity contribution < 1.29 is 9.90 Å². The van der Waals surface area contributed by atoms with E-state index in [0.29, 0.717) is 6.54 Å². The minimum atomic E-state index is -0.936. The van der Waals surface area contributed by atoms with Crippen LogP contribution < -0.4 is 5.56 Å². The molecule has 4 heteroatoms. The van der Waals surface area contributed by atoms with Gasteiger partial charge in [0.05, 0.1) is 12.1 Å². The zero-order valence-corrected chi connectivity index (χ0v) is 11.0. The first-order valence-electron chi connectivity index (χ1n) is 6.69. The Bertz CT molecular complexity index is 713. The number of carbonyl (C=O) groups is 1. The average Bonchev–Trinajstić information content (AvgIpc) is 2.91. The summed E-state index contributed by atoms with van der Waals surface area (Å²) in [5.41, 5.74) is 3.59. The predicted octanol–water partition coefficient (Wildman–Crippen LogP) is 2.08. The van der Waals surface area contributed by atoms with E-state index in [0.717, 1.165) is 30.5 Å². The van der Waals surface area contributed by atoms with E-state index in [-0.39, 0.29) is 11.1 Å². The lowest BCUT2D eigenvalue weighted by Crippen LogP contribution is -2.23. The molecule has 102 valence electrons. The highest BCUT2D eigenvalue weighted by atomic mass is 16.4. The molecule has 0 radical (unpaired) electrons. The standard InChI is InChI=1S/C16H15NO3/c18-15-9-8-12-2-1-3-14(12)17(15)10-11-4-6-13(7-5-11)16(19)20/h4-9H,1-3,10H2,(H,19,20). The molecule has 1 aromatic carbocycles. The molecule has 0 aliphatic heterocycles. The topological polar surface area (TPSA) is 59.3 Å². The molecule has 0 amide bonds. The predicted molar refractivity (Wildman–Crippen MR) is 75.2 cm³/mol. The Balaban J connectivity index is 1.94. The fourth-order valence-corrected chi connectivity index (χ4v) is 2.74. The van der Waals surface area contributed by atoms with E-state index >= 15 is 0 Å². The van der Waals surface area contributed by atoms with Crippen molar-refractivity contribution in [1.29, 1.82) is 0 Å². The van der Waals surface area contributed by atoms with E-state index in [1.165, 1.54) is 5.56 Å². The van der Waals surface area contributed by atoms with Crippen LogP contribution in [0, 0.1) is 0 Å². The van der Waals surface area contributed by atoms with Gasteiger partial charge in [0.15, 0.2) is 0 Å². The number of aromatic nitrogens is 1. The zero-order chi connectivity index (χ0) is 14.1. The second-order valence-corrected chi connectivity index (χ2v) is 5.09. The molecule has 0 fully saturated rings. The smallest absolute Gasteiger partial charge is 0.335 e. The van der Waals surface area contributed by atoms with Gasteiger partial charge in [-0.1, -0.05) is 18.2 Å². The van der Waals surface area contributed by atoms with Gasteiger partial charge >= 0.3 is 5.97 Å². The van der Waals surface area contributed by atoms with E-state index < -0.39 is 5.97 Å². The molecular weight excluding hydrogens is 254 g/mol. The van der Waals surface area contributed by atoms with Crippen molar-refractivity contribution in [2.45, 2.75) is 25.8 Å². The summed E-state index contributed by atoms with van der Waals surface area (Å²) < 4.78 is 1.80. The Morgan fingerprint density at radius 2 is 1.85 bits per heavy atom. The molecular formula is C16H15NO3. The highest BCUT2D eigenvalue weighted by Crippen LogP contribution is 2.20. The number of carboxylic acid groups (broad SMARTS) is 1. The number of benzene rings is 1. The van der Waals surface area contributed by atoms with Crippen LogP contribution in [-0.2, 0) is 19.4 Å². The van der Waals surface area contributed by atoms with Gasteiger partial charge in [0, 0.05) is 11.8 Å². The molecule has 0 spiro atoms. The van der Waals surface area contributed by atoms with Crippen LogP contribution in [0.2, 0.25) is 0 Å². The summed E-state index contributed by atoms with van der Waals surface area (Å²) in [6.45, 7) is 0.502. The summed E-state index contributed by atoms with van der Waals surface area (Å²) in [4.78, 5) is 22.9. The number of hydrogen-bond donors (Lipinski definition) is 1. The van der Waals surface area contributed by atoms with E-state index in [2.05, 4.69) is 0 Å². The second-order valence-electron chi connectivity index (χ2n) is 5.09. The van der Waals surface area contributed by atoms with Crippen molar-refractivity contribution in [1.82, 2.24) is 4.57 Å². The molecule has 1 aliphatic carbocycles. The van der Waals surface area contributed by atoms with Crippen LogP contribution in [0.4, 0.5) is 0 Å². The molecule has 0 saturated heterocycles. The van der Waals surface area contributed by atoms with E-state index in [1.54, 1.807) is 34.9 Å². The molecule has 1 aliphatic rings. The van der Waals surface area contributed by atoms with Crippen molar-refractivity contribution in [3.63, 3.8) is 0 Å². The van der Waals surface area contributed by atoms with Crippen molar-refractivity contribution in [3.8, 4) is 0 Å². The molecule has 0 saturated carbocycles. The van der Waals surface area contributed by atoms with Crippen LogP contribution in [0.1, 0.15) is 33.6 Å². The van der Waals surface area contributed by atoms with Gasteiger partial charge in [0.1, 0.15) is 0 Å². The van der Waals surface area contributed by atoms with Crippen molar-refractivity contribution in [3.05, 3.63) is 69.1 Å². The van der Waals surface area contributed by atoms with Crippen LogP contribution in [-0.4, -0.2) is 15.6 Å². The maximum absolute atomic E-state index is 12.0. The summed E-state index contributed by atoms with van der Waals surface area (Å²) in [6, 6.07) is 10.2. The van der Waals surface area contributed by atoms with Crippen LogP contribution in [0.25, 0.3) is 0 Å². The summed E-state index contributed by atoms with van der Waals surface area (Å²) in [6.07, 6.45) is 3.07. The van der Waals surface area contributed by atoms with Gasteiger partial charge < -0.3 is 9.67 Å². The SMILES string of the molecule is O=C(O)c1ccc(Cn2c3c(ccc2=O)CCC3)cc1. The average molecular weight is 269 g/mol. The Labute approximate surface area is 116 Å². The molecule has 20 heavy (non-hydrogen) atoms. The van der Waals surface area contributed by atoms with Gasteiger partial charge in [0.2, 0.25) is 0 Å². The van der Waals surface area contributed by atoms with Crippen molar-refractivity contribution in [2.75, 3.05) is 0 Å². The molecule has 1 heterocycles. The first-order valence-corrected chi connectivity index (χ1v) is 6.69. The normalized spacial score (nSPS) is 13.2. The highest BCUT2D eigenvalue weighted by Gasteiger charge is 2.15. The Morgan fingerprint density at radius 1 is 1.10 bits per heavy atom. The highest BCUT2D eigenvalue weighted by molar-refractivity contribution is 5.87. The van der Waals surface area contributed by atoms with E-state index in [4.69, 9.17) is 5.11 Å². The quantitative estimate of drug-likeness (QED) is 0.928. The number of nitrogens with zero attached hydrogens (tertiary/aromatic N) is 1. The number of pyridine rings is 1.